The minimum atomic E-state index is 0.0541. The van der Waals surface area contributed by atoms with Gasteiger partial charge >= 0.3 is 0 Å². The third kappa shape index (κ3) is 4.20. The Morgan fingerprint density at radius 1 is 1.26 bits per heavy atom. The first-order chi connectivity index (χ1) is 8.95. The lowest BCUT2D eigenvalue weighted by Gasteiger charge is -2.23. The summed E-state index contributed by atoms with van der Waals surface area (Å²) >= 11 is 0. The van der Waals surface area contributed by atoms with E-state index in [1.807, 2.05) is 18.7 Å². The first-order valence-electron chi connectivity index (χ1n) is 7.21. The Kier molecular flexibility index (Phi) is 5.79. The van der Waals surface area contributed by atoms with Crippen LogP contribution in [0.15, 0.2) is 0 Å². The number of hydrogen-bond donors (Lipinski definition) is 1. The van der Waals surface area contributed by atoms with Gasteiger partial charge in [0.2, 0.25) is 11.8 Å². The number of nitrogens with zero attached hydrogens (tertiary/aromatic N) is 2. The van der Waals surface area contributed by atoms with Gasteiger partial charge < -0.3 is 15.5 Å². The van der Waals surface area contributed by atoms with Crippen LogP contribution in [0.3, 0.4) is 0 Å². The van der Waals surface area contributed by atoms with Crippen LogP contribution >= 0.6 is 0 Å². The quantitative estimate of drug-likeness (QED) is 0.777. The molecule has 2 amide bonds. The van der Waals surface area contributed by atoms with Gasteiger partial charge in [-0.05, 0) is 32.2 Å². The van der Waals surface area contributed by atoms with Crippen molar-refractivity contribution in [1.82, 2.24) is 9.80 Å². The zero-order chi connectivity index (χ0) is 14.5. The molecule has 2 N–H and O–H groups in total. The fraction of sp³-hybridized carbons (Fsp3) is 0.857. The Balaban J connectivity index is 2.39. The highest BCUT2D eigenvalue weighted by Gasteiger charge is 2.34. The highest BCUT2D eigenvalue weighted by molar-refractivity contribution is 5.84. The van der Waals surface area contributed by atoms with E-state index < -0.39 is 0 Å². The molecule has 1 aliphatic heterocycles. The van der Waals surface area contributed by atoms with Crippen LogP contribution in [-0.4, -0.2) is 54.3 Å². The predicted octanol–water partition coefficient (Wildman–Crippen LogP) is 0.832. The standard InChI is InChI=1S/C14H27N3O2/c1-4-16(5-2)12(18)6-7-13(19)17-9-8-14(3,10-15)11-17/h4-11,15H2,1-3H3. The van der Waals surface area contributed by atoms with Crippen molar-refractivity contribution < 1.29 is 9.59 Å². The van der Waals surface area contributed by atoms with Crippen LogP contribution in [0, 0.1) is 5.41 Å². The highest BCUT2D eigenvalue weighted by Crippen LogP contribution is 2.28. The van der Waals surface area contributed by atoms with Crippen molar-refractivity contribution in [3.63, 3.8) is 0 Å². The molecule has 0 aromatic rings. The van der Waals surface area contributed by atoms with Crippen LogP contribution in [-0.2, 0) is 9.59 Å². The van der Waals surface area contributed by atoms with E-state index in [0.29, 0.717) is 32.5 Å². The largest absolute Gasteiger partial charge is 0.343 e. The smallest absolute Gasteiger partial charge is 0.223 e. The molecule has 1 rings (SSSR count). The van der Waals surface area contributed by atoms with Crippen LogP contribution in [0.1, 0.15) is 40.0 Å². The number of nitrogens with two attached hydrogens (primary N) is 1. The fourth-order valence-corrected chi connectivity index (χ4v) is 2.51. The SMILES string of the molecule is CCN(CC)C(=O)CCC(=O)N1CCC(C)(CN)C1. The van der Waals surface area contributed by atoms with Crippen molar-refractivity contribution in [3.8, 4) is 0 Å². The zero-order valence-corrected chi connectivity index (χ0v) is 12.4. The average molecular weight is 269 g/mol. The summed E-state index contributed by atoms with van der Waals surface area (Å²) < 4.78 is 0. The van der Waals surface area contributed by atoms with Crippen molar-refractivity contribution in [3.05, 3.63) is 0 Å². The summed E-state index contributed by atoms with van der Waals surface area (Å²) in [6.45, 7) is 9.54. The molecule has 1 saturated heterocycles. The molecule has 0 radical (unpaired) electrons. The Labute approximate surface area is 116 Å². The van der Waals surface area contributed by atoms with Crippen molar-refractivity contribution >= 4 is 11.8 Å². The van der Waals surface area contributed by atoms with Gasteiger partial charge in [0.05, 0.1) is 0 Å². The summed E-state index contributed by atoms with van der Waals surface area (Å²) in [6, 6.07) is 0. The molecule has 19 heavy (non-hydrogen) atoms. The number of likely N-dealkylation sites (tertiary alicyclic amines) is 1. The second-order valence-corrected chi connectivity index (χ2v) is 5.65. The van der Waals surface area contributed by atoms with E-state index in [-0.39, 0.29) is 17.2 Å². The van der Waals surface area contributed by atoms with E-state index in [9.17, 15) is 9.59 Å². The van der Waals surface area contributed by atoms with Crippen molar-refractivity contribution in [2.24, 2.45) is 11.1 Å². The van der Waals surface area contributed by atoms with Crippen molar-refractivity contribution in [2.75, 3.05) is 32.7 Å². The predicted molar refractivity (Wildman–Crippen MR) is 75.5 cm³/mol. The molecule has 5 nitrogen and oxygen atoms in total. The molecular formula is C14H27N3O2. The van der Waals surface area contributed by atoms with Gasteiger partial charge in [-0.1, -0.05) is 6.92 Å². The van der Waals surface area contributed by atoms with Gasteiger partial charge in [0.1, 0.15) is 0 Å². The molecule has 1 aliphatic rings. The summed E-state index contributed by atoms with van der Waals surface area (Å²) in [5.41, 5.74) is 5.78. The third-order valence-electron chi connectivity index (χ3n) is 4.07. The van der Waals surface area contributed by atoms with Gasteiger partial charge in [-0.3, -0.25) is 9.59 Å². The Morgan fingerprint density at radius 2 is 1.89 bits per heavy atom. The minimum absolute atomic E-state index is 0.0541. The number of carbonyl (C=O) groups is 2. The molecule has 0 bridgehead atoms. The van der Waals surface area contributed by atoms with Gasteiger partial charge in [0.15, 0.2) is 0 Å². The lowest BCUT2D eigenvalue weighted by atomic mass is 9.90. The number of rotatable bonds is 6. The maximum absolute atomic E-state index is 12.1. The van der Waals surface area contributed by atoms with Gasteiger partial charge in [0, 0.05) is 39.0 Å². The van der Waals surface area contributed by atoms with E-state index in [0.717, 1.165) is 19.5 Å². The maximum Gasteiger partial charge on any atom is 0.223 e. The van der Waals surface area contributed by atoms with Crippen LogP contribution in [0.4, 0.5) is 0 Å². The molecule has 0 aromatic heterocycles. The monoisotopic (exact) mass is 269 g/mol. The van der Waals surface area contributed by atoms with Gasteiger partial charge in [0.25, 0.3) is 0 Å². The van der Waals surface area contributed by atoms with Gasteiger partial charge in [-0.2, -0.15) is 0 Å². The zero-order valence-electron chi connectivity index (χ0n) is 12.4. The molecule has 1 fully saturated rings. The van der Waals surface area contributed by atoms with Gasteiger partial charge in [-0.25, -0.2) is 0 Å². The molecule has 5 heteroatoms. The number of carbonyl (C=O) groups excluding carboxylic acids is 2. The second kappa shape index (κ2) is 6.89. The summed E-state index contributed by atoms with van der Waals surface area (Å²) in [7, 11) is 0. The Morgan fingerprint density at radius 3 is 2.37 bits per heavy atom. The second-order valence-electron chi connectivity index (χ2n) is 5.65. The minimum Gasteiger partial charge on any atom is -0.343 e. The number of hydrogen-bond acceptors (Lipinski definition) is 3. The average Bonchev–Trinajstić information content (AvgIpc) is 2.81. The Bertz CT molecular complexity index is 329. The molecular weight excluding hydrogens is 242 g/mol. The van der Waals surface area contributed by atoms with Gasteiger partial charge in [-0.15, -0.1) is 0 Å². The lowest BCUT2D eigenvalue weighted by molar-refractivity contribution is -0.136. The Hall–Kier alpha value is -1.10. The summed E-state index contributed by atoms with van der Waals surface area (Å²) in [5, 5.41) is 0. The first kappa shape index (κ1) is 16.0. The third-order valence-corrected chi connectivity index (χ3v) is 4.07. The van der Waals surface area contributed by atoms with E-state index in [2.05, 4.69) is 6.92 Å². The highest BCUT2D eigenvalue weighted by atomic mass is 16.2. The van der Waals surface area contributed by atoms with Crippen LogP contribution in [0.25, 0.3) is 0 Å². The van der Waals surface area contributed by atoms with E-state index in [1.165, 1.54) is 0 Å². The lowest BCUT2D eigenvalue weighted by Crippen LogP contribution is -2.36. The summed E-state index contributed by atoms with van der Waals surface area (Å²) in [4.78, 5) is 27.5. The maximum atomic E-state index is 12.1. The van der Waals surface area contributed by atoms with Crippen LogP contribution in [0.5, 0.6) is 0 Å². The molecule has 1 unspecified atom stereocenters. The molecule has 0 aromatic carbocycles. The first-order valence-corrected chi connectivity index (χ1v) is 7.21. The van der Waals surface area contributed by atoms with Crippen LogP contribution < -0.4 is 5.73 Å². The molecule has 0 spiro atoms. The van der Waals surface area contributed by atoms with E-state index >= 15 is 0 Å². The van der Waals surface area contributed by atoms with Crippen molar-refractivity contribution in [2.45, 2.75) is 40.0 Å². The molecule has 1 heterocycles. The fourth-order valence-electron chi connectivity index (χ4n) is 2.51. The van der Waals surface area contributed by atoms with E-state index in [1.54, 1.807) is 4.90 Å². The summed E-state index contributed by atoms with van der Waals surface area (Å²) in [6.07, 6.45) is 1.59. The van der Waals surface area contributed by atoms with Crippen molar-refractivity contribution in [1.29, 1.82) is 0 Å². The summed E-state index contributed by atoms with van der Waals surface area (Å²) in [5.74, 6) is 0.150. The molecule has 110 valence electrons. The normalized spacial score (nSPS) is 22.6. The molecule has 0 aliphatic carbocycles. The van der Waals surface area contributed by atoms with E-state index in [4.69, 9.17) is 5.73 Å². The molecule has 0 saturated carbocycles. The molecule has 1 atom stereocenters. The van der Waals surface area contributed by atoms with Crippen LogP contribution in [0.2, 0.25) is 0 Å². The topological polar surface area (TPSA) is 66.6 Å². The number of amides is 2.